The lowest BCUT2D eigenvalue weighted by molar-refractivity contribution is -0.135. The summed E-state index contributed by atoms with van der Waals surface area (Å²) in [5, 5.41) is 4.47. The van der Waals surface area contributed by atoms with Crippen LogP contribution in [-0.2, 0) is 16.1 Å². The Balaban J connectivity index is 1.50. The predicted octanol–water partition coefficient (Wildman–Crippen LogP) is 0.608. The van der Waals surface area contributed by atoms with Crippen LogP contribution >= 0.6 is 0 Å². The van der Waals surface area contributed by atoms with Crippen LogP contribution in [0.15, 0.2) is 0 Å². The molecule has 128 valence electrons. The van der Waals surface area contributed by atoms with E-state index >= 15 is 0 Å². The lowest BCUT2D eigenvalue weighted by Crippen LogP contribution is -2.42. The maximum Gasteiger partial charge on any atom is 0.224 e. The smallest absolute Gasteiger partial charge is 0.224 e. The van der Waals surface area contributed by atoms with Crippen molar-refractivity contribution in [1.82, 2.24) is 24.6 Å². The summed E-state index contributed by atoms with van der Waals surface area (Å²) in [7, 11) is 0. The maximum atomic E-state index is 12.3. The molecule has 0 spiro atoms. The number of hydrogen-bond donors (Lipinski definition) is 0. The molecule has 0 saturated carbocycles. The fraction of sp³-hybridized carbons (Fsp3) is 0.812. The molecule has 0 aromatic carbocycles. The minimum atomic E-state index is 0.256. The number of carbonyl (C=O) groups excluding carboxylic acids is 1. The molecule has 3 rings (SSSR count). The molecule has 0 N–H and O–H groups in total. The second-order valence-electron chi connectivity index (χ2n) is 6.46. The highest BCUT2D eigenvalue weighted by molar-refractivity contribution is 5.76. The highest BCUT2D eigenvalue weighted by Crippen LogP contribution is 2.19. The van der Waals surface area contributed by atoms with Crippen molar-refractivity contribution in [1.29, 1.82) is 0 Å². The van der Waals surface area contributed by atoms with E-state index in [0.29, 0.717) is 25.7 Å². The molecule has 23 heavy (non-hydrogen) atoms. The van der Waals surface area contributed by atoms with Crippen molar-refractivity contribution in [2.45, 2.75) is 45.7 Å². The van der Waals surface area contributed by atoms with E-state index < -0.39 is 0 Å². The summed E-state index contributed by atoms with van der Waals surface area (Å²) in [6.45, 7) is 9.53. The number of ether oxygens (including phenoxy) is 1. The van der Waals surface area contributed by atoms with E-state index in [2.05, 4.69) is 15.0 Å². The number of hydrogen-bond acceptors (Lipinski definition) is 5. The molecule has 1 aromatic rings. The molecule has 2 fully saturated rings. The van der Waals surface area contributed by atoms with Crippen molar-refractivity contribution < 1.29 is 9.53 Å². The maximum absolute atomic E-state index is 12.3. The molecule has 2 aliphatic heterocycles. The van der Waals surface area contributed by atoms with Crippen LogP contribution in [0.1, 0.15) is 30.9 Å². The summed E-state index contributed by atoms with van der Waals surface area (Å²) in [6.07, 6.45) is 2.97. The van der Waals surface area contributed by atoms with E-state index in [1.165, 1.54) is 12.8 Å². The molecule has 1 amide bonds. The number of nitrogens with zero attached hydrogens (tertiary/aromatic N) is 5. The molecule has 0 bridgehead atoms. The molecule has 2 aliphatic rings. The quantitative estimate of drug-likeness (QED) is 0.795. The Morgan fingerprint density at radius 2 is 2.04 bits per heavy atom. The van der Waals surface area contributed by atoms with Gasteiger partial charge in [-0.05, 0) is 33.2 Å². The Morgan fingerprint density at radius 1 is 1.26 bits per heavy atom. The van der Waals surface area contributed by atoms with Crippen molar-refractivity contribution in [3.8, 4) is 0 Å². The van der Waals surface area contributed by atoms with Gasteiger partial charge in [0, 0.05) is 32.1 Å². The molecule has 0 unspecified atom stereocenters. The van der Waals surface area contributed by atoms with Crippen LogP contribution in [0.4, 0.5) is 0 Å². The zero-order valence-corrected chi connectivity index (χ0v) is 14.2. The molecule has 7 heteroatoms. The molecule has 0 radical (unpaired) electrons. The van der Waals surface area contributed by atoms with Crippen LogP contribution < -0.4 is 0 Å². The van der Waals surface area contributed by atoms with Gasteiger partial charge in [0.05, 0.1) is 19.8 Å². The first-order valence-corrected chi connectivity index (χ1v) is 8.61. The first kappa shape index (κ1) is 16.4. The number of likely N-dealkylation sites (tertiary alicyclic amines) is 1. The standard InChI is InChI=1S/C16H27N5O2/c1-13-17-14(2)21(18-13)12-15-4-3-6-19(15)7-5-16(22)20-8-10-23-11-9-20/h15H,3-12H2,1-2H3/t15-/m1/s1. The summed E-state index contributed by atoms with van der Waals surface area (Å²) in [5.41, 5.74) is 0. The van der Waals surface area contributed by atoms with Gasteiger partial charge in [-0.25, -0.2) is 9.67 Å². The summed E-state index contributed by atoms with van der Waals surface area (Å²) < 4.78 is 7.31. The minimum absolute atomic E-state index is 0.256. The van der Waals surface area contributed by atoms with E-state index in [0.717, 1.165) is 44.4 Å². The van der Waals surface area contributed by atoms with Crippen LogP contribution in [0.3, 0.4) is 0 Å². The average Bonchev–Trinajstić information content (AvgIpc) is 3.12. The number of rotatable bonds is 5. The Hall–Kier alpha value is -1.47. The summed E-state index contributed by atoms with van der Waals surface area (Å²) in [4.78, 5) is 21.0. The van der Waals surface area contributed by atoms with Crippen LogP contribution in [-0.4, -0.2) is 75.9 Å². The number of amides is 1. The van der Waals surface area contributed by atoms with Gasteiger partial charge in [0.25, 0.3) is 0 Å². The third-order valence-corrected chi connectivity index (χ3v) is 4.82. The topological polar surface area (TPSA) is 63.5 Å². The lowest BCUT2D eigenvalue weighted by atomic mass is 10.2. The third-order valence-electron chi connectivity index (χ3n) is 4.82. The van der Waals surface area contributed by atoms with Gasteiger partial charge in [0.1, 0.15) is 11.6 Å². The summed E-state index contributed by atoms with van der Waals surface area (Å²) in [5.74, 6) is 2.06. The van der Waals surface area contributed by atoms with Gasteiger partial charge in [0.2, 0.25) is 5.91 Å². The Bertz CT molecular complexity index is 539. The van der Waals surface area contributed by atoms with E-state index in [9.17, 15) is 4.79 Å². The van der Waals surface area contributed by atoms with Crippen molar-refractivity contribution >= 4 is 5.91 Å². The SMILES string of the molecule is Cc1nc(C)n(C[C@H]2CCCN2CCC(=O)N2CCOCC2)n1. The van der Waals surface area contributed by atoms with Gasteiger partial charge in [-0.1, -0.05) is 0 Å². The fourth-order valence-corrected chi connectivity index (χ4v) is 3.54. The highest BCUT2D eigenvalue weighted by atomic mass is 16.5. The lowest BCUT2D eigenvalue weighted by Gasteiger charge is -2.29. The van der Waals surface area contributed by atoms with Gasteiger partial charge in [0.15, 0.2) is 0 Å². The minimum Gasteiger partial charge on any atom is -0.378 e. The van der Waals surface area contributed by atoms with E-state index in [1.54, 1.807) is 0 Å². The van der Waals surface area contributed by atoms with Crippen molar-refractivity contribution in [3.05, 3.63) is 11.6 Å². The molecule has 1 aromatic heterocycles. The molecule has 1 atom stereocenters. The fourth-order valence-electron chi connectivity index (χ4n) is 3.54. The summed E-state index contributed by atoms with van der Waals surface area (Å²) in [6, 6.07) is 0.465. The zero-order chi connectivity index (χ0) is 16.2. The molecule has 2 saturated heterocycles. The second-order valence-corrected chi connectivity index (χ2v) is 6.46. The normalized spacial score (nSPS) is 22.7. The Labute approximate surface area is 137 Å². The van der Waals surface area contributed by atoms with Crippen molar-refractivity contribution in [2.75, 3.05) is 39.4 Å². The monoisotopic (exact) mass is 321 g/mol. The molecular formula is C16H27N5O2. The van der Waals surface area contributed by atoms with Crippen LogP contribution in [0.25, 0.3) is 0 Å². The van der Waals surface area contributed by atoms with E-state index in [-0.39, 0.29) is 5.91 Å². The Morgan fingerprint density at radius 3 is 2.74 bits per heavy atom. The van der Waals surface area contributed by atoms with Gasteiger partial charge in [-0.3, -0.25) is 9.69 Å². The van der Waals surface area contributed by atoms with Crippen molar-refractivity contribution in [2.24, 2.45) is 0 Å². The number of carbonyl (C=O) groups is 1. The molecule has 3 heterocycles. The predicted molar refractivity (Wildman–Crippen MR) is 86.1 cm³/mol. The van der Waals surface area contributed by atoms with Crippen LogP contribution in [0.5, 0.6) is 0 Å². The highest BCUT2D eigenvalue weighted by Gasteiger charge is 2.27. The molecule has 7 nitrogen and oxygen atoms in total. The van der Waals surface area contributed by atoms with Crippen LogP contribution in [0.2, 0.25) is 0 Å². The molecular weight excluding hydrogens is 294 g/mol. The number of aryl methyl sites for hydroxylation is 2. The largest absolute Gasteiger partial charge is 0.378 e. The van der Waals surface area contributed by atoms with Gasteiger partial charge < -0.3 is 9.64 Å². The van der Waals surface area contributed by atoms with E-state index in [1.807, 2.05) is 23.4 Å². The van der Waals surface area contributed by atoms with Gasteiger partial charge >= 0.3 is 0 Å². The first-order valence-electron chi connectivity index (χ1n) is 8.61. The first-order chi connectivity index (χ1) is 11.1. The molecule has 0 aliphatic carbocycles. The average molecular weight is 321 g/mol. The number of morpholine rings is 1. The third kappa shape index (κ3) is 4.09. The Kier molecular flexibility index (Phi) is 5.27. The van der Waals surface area contributed by atoms with E-state index in [4.69, 9.17) is 4.74 Å². The summed E-state index contributed by atoms with van der Waals surface area (Å²) >= 11 is 0. The van der Waals surface area contributed by atoms with Crippen molar-refractivity contribution in [3.63, 3.8) is 0 Å². The van der Waals surface area contributed by atoms with Crippen LogP contribution in [0, 0.1) is 13.8 Å². The van der Waals surface area contributed by atoms with Gasteiger partial charge in [-0.2, -0.15) is 5.10 Å². The van der Waals surface area contributed by atoms with Gasteiger partial charge in [-0.15, -0.1) is 0 Å². The second kappa shape index (κ2) is 7.40. The number of aromatic nitrogens is 3. The zero-order valence-electron chi connectivity index (χ0n) is 14.2.